The number of hydrogen-bond donors (Lipinski definition) is 1. The highest BCUT2D eigenvalue weighted by molar-refractivity contribution is 5.87. The molecule has 0 bridgehead atoms. The monoisotopic (exact) mass is 248 g/mol. The second kappa shape index (κ2) is 3.75. The molecule has 0 aromatic carbocycles. The van der Waals surface area contributed by atoms with Crippen LogP contribution in [0.25, 0.3) is 0 Å². The number of aromatic nitrogens is 2. The fourth-order valence-corrected chi connectivity index (χ4v) is 2.07. The lowest BCUT2D eigenvalue weighted by atomic mass is 10.0. The molecule has 1 unspecified atom stereocenters. The number of carboxylic acids is 1. The van der Waals surface area contributed by atoms with Gasteiger partial charge < -0.3 is 9.67 Å². The van der Waals surface area contributed by atoms with Crippen molar-refractivity contribution < 1.29 is 23.1 Å². The van der Waals surface area contributed by atoms with Gasteiger partial charge in [-0.05, 0) is 12.3 Å². The summed E-state index contributed by atoms with van der Waals surface area (Å²) in [7, 11) is 0. The first-order chi connectivity index (χ1) is 7.80. The third-order valence-corrected chi connectivity index (χ3v) is 2.89. The van der Waals surface area contributed by atoms with Crippen molar-refractivity contribution >= 4 is 5.97 Å². The Morgan fingerprint density at radius 3 is 2.71 bits per heavy atom. The summed E-state index contributed by atoms with van der Waals surface area (Å²) in [6, 6.07) is 0. The molecular formula is C10H11F3N2O2. The number of carboxylic acid groups (broad SMARTS) is 1. The van der Waals surface area contributed by atoms with Crippen LogP contribution in [0, 0.1) is 5.92 Å². The van der Waals surface area contributed by atoms with Crippen LogP contribution in [-0.2, 0) is 19.1 Å². The predicted molar refractivity (Wildman–Crippen MR) is 51.7 cm³/mol. The van der Waals surface area contributed by atoms with Crippen LogP contribution in [0.3, 0.4) is 0 Å². The second-order valence-electron chi connectivity index (χ2n) is 4.28. The largest absolute Gasteiger partial charge is 0.477 e. The Kier molecular flexibility index (Phi) is 2.63. The van der Waals surface area contributed by atoms with E-state index in [0.717, 1.165) is 0 Å². The molecule has 0 fully saturated rings. The fraction of sp³-hybridized carbons (Fsp3) is 0.600. The van der Waals surface area contributed by atoms with Crippen LogP contribution in [-0.4, -0.2) is 20.6 Å². The molecule has 1 N–H and O–H groups in total. The smallest absolute Gasteiger partial charge is 0.435 e. The Labute approximate surface area is 95.1 Å². The molecule has 1 aliphatic heterocycles. The predicted octanol–water partition coefficient (Wildman–Crippen LogP) is 2.18. The van der Waals surface area contributed by atoms with Gasteiger partial charge in [-0.25, -0.2) is 9.78 Å². The maximum Gasteiger partial charge on any atom is 0.435 e. The van der Waals surface area contributed by atoms with Crippen molar-refractivity contribution in [2.75, 3.05) is 0 Å². The number of hydrogen-bond acceptors (Lipinski definition) is 2. The molecule has 0 radical (unpaired) electrons. The zero-order chi connectivity index (χ0) is 12.8. The van der Waals surface area contributed by atoms with E-state index in [9.17, 15) is 18.0 Å². The van der Waals surface area contributed by atoms with Crippen molar-refractivity contribution in [1.29, 1.82) is 0 Å². The topological polar surface area (TPSA) is 55.1 Å². The van der Waals surface area contributed by atoms with Crippen molar-refractivity contribution in [2.24, 2.45) is 5.92 Å². The average Bonchev–Trinajstić information content (AvgIpc) is 2.55. The molecule has 2 heterocycles. The van der Waals surface area contributed by atoms with Gasteiger partial charge in [0.2, 0.25) is 0 Å². The van der Waals surface area contributed by atoms with Crippen LogP contribution in [0.2, 0.25) is 0 Å². The summed E-state index contributed by atoms with van der Waals surface area (Å²) in [5.41, 5.74) is -2.02. The zero-order valence-electron chi connectivity index (χ0n) is 9.08. The molecule has 1 aromatic heterocycles. The van der Waals surface area contributed by atoms with Crippen molar-refractivity contribution in [1.82, 2.24) is 9.55 Å². The number of fused-ring (bicyclic) bond motifs is 1. The molecule has 4 nitrogen and oxygen atoms in total. The Hall–Kier alpha value is -1.53. The number of aromatic carboxylic acids is 1. The zero-order valence-corrected chi connectivity index (χ0v) is 9.08. The van der Waals surface area contributed by atoms with E-state index < -0.39 is 23.5 Å². The van der Waals surface area contributed by atoms with Gasteiger partial charge in [0.05, 0.1) is 0 Å². The first kappa shape index (κ1) is 11.9. The number of nitrogens with zero attached hydrogens (tertiary/aromatic N) is 2. The van der Waals surface area contributed by atoms with Gasteiger partial charge in [-0.1, -0.05) is 6.92 Å². The fourth-order valence-electron chi connectivity index (χ4n) is 2.07. The van der Waals surface area contributed by atoms with Crippen LogP contribution >= 0.6 is 0 Å². The Morgan fingerprint density at radius 2 is 2.18 bits per heavy atom. The van der Waals surface area contributed by atoms with Gasteiger partial charge in [0.1, 0.15) is 5.82 Å². The van der Waals surface area contributed by atoms with Gasteiger partial charge in [-0.2, -0.15) is 13.2 Å². The Morgan fingerprint density at radius 1 is 1.53 bits per heavy atom. The van der Waals surface area contributed by atoms with Gasteiger partial charge in [-0.15, -0.1) is 0 Å². The summed E-state index contributed by atoms with van der Waals surface area (Å²) in [6.45, 7) is 2.19. The van der Waals surface area contributed by atoms with Crippen molar-refractivity contribution in [3.05, 3.63) is 17.2 Å². The molecule has 1 aliphatic rings. The number of halogens is 3. The molecule has 2 rings (SSSR count). The summed E-state index contributed by atoms with van der Waals surface area (Å²) in [4.78, 5) is 14.4. The quantitative estimate of drug-likeness (QED) is 0.828. The molecule has 94 valence electrons. The maximum absolute atomic E-state index is 12.7. The maximum atomic E-state index is 12.7. The van der Waals surface area contributed by atoms with Crippen LogP contribution in [0.5, 0.6) is 0 Å². The van der Waals surface area contributed by atoms with Crippen LogP contribution in [0.4, 0.5) is 13.2 Å². The van der Waals surface area contributed by atoms with Crippen LogP contribution in [0.1, 0.15) is 35.4 Å². The van der Waals surface area contributed by atoms with E-state index in [1.807, 2.05) is 6.92 Å². The van der Waals surface area contributed by atoms with Crippen molar-refractivity contribution in [3.8, 4) is 0 Å². The minimum absolute atomic E-state index is 0.216. The highest BCUT2D eigenvalue weighted by atomic mass is 19.4. The van der Waals surface area contributed by atoms with E-state index in [1.165, 1.54) is 4.57 Å². The van der Waals surface area contributed by atoms with Gasteiger partial charge in [0.25, 0.3) is 0 Å². The highest BCUT2D eigenvalue weighted by Crippen LogP contribution is 2.34. The normalized spacial score (nSPS) is 20.1. The van der Waals surface area contributed by atoms with Crippen molar-refractivity contribution in [3.63, 3.8) is 0 Å². The molecule has 0 amide bonds. The number of alkyl halides is 3. The Bertz CT molecular complexity index is 465. The van der Waals surface area contributed by atoms with Crippen molar-refractivity contribution in [2.45, 2.75) is 32.5 Å². The third-order valence-electron chi connectivity index (χ3n) is 2.89. The molecule has 0 spiro atoms. The van der Waals surface area contributed by atoms with E-state index in [0.29, 0.717) is 12.8 Å². The van der Waals surface area contributed by atoms with E-state index >= 15 is 0 Å². The molecule has 0 aliphatic carbocycles. The van der Waals surface area contributed by atoms with Gasteiger partial charge in [0.15, 0.2) is 11.4 Å². The first-order valence-electron chi connectivity index (χ1n) is 5.20. The summed E-state index contributed by atoms with van der Waals surface area (Å²) in [5, 5.41) is 8.88. The van der Waals surface area contributed by atoms with E-state index in [4.69, 9.17) is 5.11 Å². The summed E-state index contributed by atoms with van der Waals surface area (Å²) < 4.78 is 39.1. The molecule has 1 aromatic rings. The third kappa shape index (κ3) is 2.01. The summed E-state index contributed by atoms with van der Waals surface area (Å²) >= 11 is 0. The van der Waals surface area contributed by atoms with E-state index in [-0.39, 0.29) is 18.3 Å². The molecule has 0 saturated carbocycles. The molecule has 17 heavy (non-hydrogen) atoms. The Balaban J connectivity index is 2.58. The lowest BCUT2D eigenvalue weighted by Crippen LogP contribution is -2.21. The van der Waals surface area contributed by atoms with Crippen LogP contribution < -0.4 is 0 Å². The number of rotatable bonds is 1. The molecule has 1 atom stereocenters. The lowest BCUT2D eigenvalue weighted by Gasteiger charge is -2.20. The standard InChI is InChI=1S/C10H11F3N2O2/c1-5-2-3-15-6(4-5)14-8(10(11,12)13)7(15)9(16)17/h5H,2-4H2,1H3,(H,16,17). The summed E-state index contributed by atoms with van der Waals surface area (Å²) in [6.07, 6.45) is -3.67. The van der Waals surface area contributed by atoms with Crippen LogP contribution in [0.15, 0.2) is 0 Å². The minimum Gasteiger partial charge on any atom is -0.477 e. The number of imidazole rings is 1. The van der Waals surface area contributed by atoms with Gasteiger partial charge >= 0.3 is 12.1 Å². The van der Waals surface area contributed by atoms with Gasteiger partial charge in [0, 0.05) is 13.0 Å². The highest BCUT2D eigenvalue weighted by Gasteiger charge is 2.42. The second-order valence-corrected chi connectivity index (χ2v) is 4.28. The number of carbonyl (C=O) groups is 1. The first-order valence-corrected chi connectivity index (χ1v) is 5.20. The average molecular weight is 248 g/mol. The minimum atomic E-state index is -4.72. The molecule has 0 saturated heterocycles. The molecular weight excluding hydrogens is 237 g/mol. The SMILES string of the molecule is CC1CCn2c(nc(C(F)(F)F)c2C(=O)O)C1. The van der Waals surface area contributed by atoms with E-state index in [2.05, 4.69) is 4.98 Å². The molecule has 7 heteroatoms. The van der Waals surface area contributed by atoms with E-state index in [1.54, 1.807) is 0 Å². The summed E-state index contributed by atoms with van der Waals surface area (Å²) in [5.74, 6) is -1.13. The lowest BCUT2D eigenvalue weighted by molar-refractivity contribution is -0.141. The van der Waals surface area contributed by atoms with Gasteiger partial charge in [-0.3, -0.25) is 0 Å².